The van der Waals surface area contributed by atoms with Crippen molar-refractivity contribution in [1.29, 1.82) is 0 Å². The van der Waals surface area contributed by atoms with Crippen LogP contribution >= 0.6 is 0 Å². The molecule has 0 bridgehead atoms. The maximum absolute atomic E-state index is 12.5. The summed E-state index contributed by atoms with van der Waals surface area (Å²) in [7, 11) is 0. The van der Waals surface area contributed by atoms with Gasteiger partial charge in [-0.05, 0) is 51.4 Å². The summed E-state index contributed by atoms with van der Waals surface area (Å²) in [6, 6.07) is 1.02. The van der Waals surface area contributed by atoms with Crippen LogP contribution < -0.4 is 0 Å². The van der Waals surface area contributed by atoms with Crippen LogP contribution in [0.2, 0.25) is 0 Å². The van der Waals surface area contributed by atoms with Gasteiger partial charge in [0.05, 0.1) is 6.10 Å². The lowest BCUT2D eigenvalue weighted by molar-refractivity contribution is -0.135. The third-order valence-corrected chi connectivity index (χ3v) is 5.34. The molecule has 0 radical (unpaired) electrons. The standard InChI is InChI=1S/C16H27NO2/c1-12-11-13-5-2-3-7-15(13)17(12)16(18)9-8-14-6-4-10-19-14/h12-15H,2-11H2,1H3. The fourth-order valence-corrected chi connectivity index (χ4v) is 4.42. The van der Waals surface area contributed by atoms with Gasteiger partial charge in [0.25, 0.3) is 0 Å². The summed E-state index contributed by atoms with van der Waals surface area (Å²) in [5, 5.41) is 0. The molecule has 0 aromatic heterocycles. The highest BCUT2D eigenvalue weighted by Crippen LogP contribution is 2.40. The van der Waals surface area contributed by atoms with E-state index in [0.717, 1.165) is 25.4 Å². The van der Waals surface area contributed by atoms with E-state index in [1.165, 1.54) is 38.5 Å². The zero-order chi connectivity index (χ0) is 13.2. The van der Waals surface area contributed by atoms with Gasteiger partial charge in [0.2, 0.25) is 5.91 Å². The molecule has 3 fully saturated rings. The SMILES string of the molecule is CC1CC2CCCCC2N1C(=O)CCC1CCCO1. The van der Waals surface area contributed by atoms with Crippen molar-refractivity contribution in [1.82, 2.24) is 4.90 Å². The normalized spacial score (nSPS) is 38.5. The van der Waals surface area contributed by atoms with Crippen molar-refractivity contribution >= 4 is 5.91 Å². The molecule has 3 heteroatoms. The van der Waals surface area contributed by atoms with Crippen LogP contribution in [-0.4, -0.2) is 35.6 Å². The second-order valence-electron chi connectivity index (χ2n) is 6.67. The summed E-state index contributed by atoms with van der Waals surface area (Å²) < 4.78 is 5.63. The number of hydrogen-bond acceptors (Lipinski definition) is 2. The van der Waals surface area contributed by atoms with E-state index < -0.39 is 0 Å². The average molecular weight is 265 g/mol. The van der Waals surface area contributed by atoms with Crippen molar-refractivity contribution < 1.29 is 9.53 Å². The number of fused-ring (bicyclic) bond motifs is 1. The fourth-order valence-electron chi connectivity index (χ4n) is 4.42. The van der Waals surface area contributed by atoms with Gasteiger partial charge in [-0.3, -0.25) is 4.79 Å². The summed E-state index contributed by atoms with van der Waals surface area (Å²) in [5.41, 5.74) is 0. The smallest absolute Gasteiger partial charge is 0.223 e. The number of rotatable bonds is 3. The zero-order valence-electron chi connectivity index (χ0n) is 12.1. The molecule has 0 N–H and O–H groups in total. The second kappa shape index (κ2) is 5.82. The molecule has 2 saturated heterocycles. The Labute approximate surface area is 116 Å². The Hall–Kier alpha value is -0.570. The summed E-state index contributed by atoms with van der Waals surface area (Å²) in [4.78, 5) is 14.8. The number of ether oxygens (including phenoxy) is 1. The Morgan fingerprint density at radius 2 is 2.05 bits per heavy atom. The largest absolute Gasteiger partial charge is 0.378 e. The van der Waals surface area contributed by atoms with E-state index >= 15 is 0 Å². The molecule has 3 aliphatic rings. The van der Waals surface area contributed by atoms with Crippen LogP contribution in [0.15, 0.2) is 0 Å². The topological polar surface area (TPSA) is 29.5 Å². The number of likely N-dealkylation sites (tertiary alicyclic amines) is 1. The van der Waals surface area contributed by atoms with E-state index in [2.05, 4.69) is 11.8 Å². The highest BCUT2D eigenvalue weighted by molar-refractivity contribution is 5.77. The summed E-state index contributed by atoms with van der Waals surface area (Å²) in [5.74, 6) is 1.17. The monoisotopic (exact) mass is 265 g/mol. The second-order valence-corrected chi connectivity index (χ2v) is 6.67. The summed E-state index contributed by atoms with van der Waals surface area (Å²) in [6.07, 6.45) is 10.8. The summed E-state index contributed by atoms with van der Waals surface area (Å²) in [6.45, 7) is 3.13. The molecule has 1 aliphatic carbocycles. The maximum atomic E-state index is 12.5. The molecule has 0 spiro atoms. The van der Waals surface area contributed by atoms with Crippen molar-refractivity contribution in [2.75, 3.05) is 6.61 Å². The Balaban J connectivity index is 1.55. The Morgan fingerprint density at radius 1 is 1.21 bits per heavy atom. The lowest BCUT2D eigenvalue weighted by atomic mass is 9.85. The van der Waals surface area contributed by atoms with Gasteiger partial charge < -0.3 is 9.64 Å². The molecule has 3 nitrogen and oxygen atoms in total. The average Bonchev–Trinajstić information content (AvgIpc) is 3.02. The molecule has 0 aromatic carbocycles. The molecule has 108 valence electrons. The Kier molecular flexibility index (Phi) is 4.11. The van der Waals surface area contributed by atoms with Gasteiger partial charge in [0, 0.05) is 25.1 Å². The van der Waals surface area contributed by atoms with E-state index in [-0.39, 0.29) is 0 Å². The van der Waals surface area contributed by atoms with Crippen LogP contribution in [-0.2, 0) is 9.53 Å². The van der Waals surface area contributed by atoms with E-state index in [0.29, 0.717) is 30.5 Å². The number of carbonyl (C=O) groups is 1. The van der Waals surface area contributed by atoms with Crippen molar-refractivity contribution in [3.63, 3.8) is 0 Å². The molecular formula is C16H27NO2. The number of amides is 1. The first-order valence-corrected chi connectivity index (χ1v) is 8.18. The van der Waals surface area contributed by atoms with Crippen molar-refractivity contribution in [3.05, 3.63) is 0 Å². The Morgan fingerprint density at radius 3 is 2.84 bits per heavy atom. The molecule has 1 amide bonds. The lowest BCUT2D eigenvalue weighted by Crippen LogP contribution is -2.42. The maximum Gasteiger partial charge on any atom is 0.223 e. The van der Waals surface area contributed by atoms with Gasteiger partial charge in [-0.1, -0.05) is 12.8 Å². The Bertz CT molecular complexity index is 325. The van der Waals surface area contributed by atoms with E-state index in [4.69, 9.17) is 4.74 Å². The van der Waals surface area contributed by atoms with E-state index in [1.54, 1.807) is 0 Å². The number of hydrogen-bond donors (Lipinski definition) is 0. The minimum absolute atomic E-state index is 0.351. The first-order chi connectivity index (χ1) is 9.25. The molecule has 0 aromatic rings. The molecular weight excluding hydrogens is 238 g/mol. The van der Waals surface area contributed by atoms with Gasteiger partial charge in [-0.2, -0.15) is 0 Å². The minimum Gasteiger partial charge on any atom is -0.378 e. The van der Waals surface area contributed by atoms with Crippen LogP contribution in [0.25, 0.3) is 0 Å². The lowest BCUT2D eigenvalue weighted by Gasteiger charge is -2.33. The van der Waals surface area contributed by atoms with Gasteiger partial charge >= 0.3 is 0 Å². The molecule has 1 saturated carbocycles. The minimum atomic E-state index is 0.351. The molecule has 2 heterocycles. The quantitative estimate of drug-likeness (QED) is 0.784. The third-order valence-electron chi connectivity index (χ3n) is 5.34. The highest BCUT2D eigenvalue weighted by Gasteiger charge is 2.42. The molecule has 4 unspecified atom stereocenters. The zero-order valence-corrected chi connectivity index (χ0v) is 12.1. The fraction of sp³-hybridized carbons (Fsp3) is 0.938. The van der Waals surface area contributed by atoms with E-state index in [9.17, 15) is 4.79 Å². The van der Waals surface area contributed by atoms with E-state index in [1.807, 2.05) is 0 Å². The van der Waals surface area contributed by atoms with Gasteiger partial charge in [-0.15, -0.1) is 0 Å². The first-order valence-electron chi connectivity index (χ1n) is 8.18. The highest BCUT2D eigenvalue weighted by atomic mass is 16.5. The van der Waals surface area contributed by atoms with Crippen LogP contribution in [0.1, 0.15) is 64.7 Å². The predicted octanol–water partition coefficient (Wildman–Crippen LogP) is 3.13. The summed E-state index contributed by atoms with van der Waals surface area (Å²) >= 11 is 0. The van der Waals surface area contributed by atoms with Crippen LogP contribution in [0.4, 0.5) is 0 Å². The predicted molar refractivity (Wildman–Crippen MR) is 74.9 cm³/mol. The van der Waals surface area contributed by atoms with Crippen LogP contribution in [0.5, 0.6) is 0 Å². The number of carbonyl (C=O) groups excluding carboxylic acids is 1. The van der Waals surface area contributed by atoms with Gasteiger partial charge in [0.1, 0.15) is 0 Å². The molecule has 2 aliphatic heterocycles. The van der Waals surface area contributed by atoms with Crippen LogP contribution in [0.3, 0.4) is 0 Å². The van der Waals surface area contributed by atoms with Gasteiger partial charge in [-0.25, -0.2) is 0 Å². The first kappa shape index (κ1) is 13.4. The van der Waals surface area contributed by atoms with Crippen LogP contribution in [0, 0.1) is 5.92 Å². The molecule has 19 heavy (non-hydrogen) atoms. The van der Waals surface area contributed by atoms with Gasteiger partial charge in [0.15, 0.2) is 0 Å². The van der Waals surface area contributed by atoms with Crippen molar-refractivity contribution in [2.24, 2.45) is 5.92 Å². The molecule has 4 atom stereocenters. The van der Waals surface area contributed by atoms with Crippen molar-refractivity contribution in [3.8, 4) is 0 Å². The molecule has 3 rings (SSSR count). The number of nitrogens with zero attached hydrogens (tertiary/aromatic N) is 1. The van der Waals surface area contributed by atoms with Crippen molar-refractivity contribution in [2.45, 2.75) is 82.9 Å². The third kappa shape index (κ3) is 2.81.